The first-order chi connectivity index (χ1) is 13.5. The van der Waals surface area contributed by atoms with Crippen LogP contribution in [0.5, 0.6) is 0 Å². The molecule has 1 saturated heterocycles. The van der Waals surface area contributed by atoms with Crippen molar-refractivity contribution >= 4 is 21.6 Å². The van der Waals surface area contributed by atoms with Crippen LogP contribution in [0.15, 0.2) is 71.9 Å². The van der Waals surface area contributed by atoms with Gasteiger partial charge in [0.2, 0.25) is 10.0 Å². The van der Waals surface area contributed by atoms with E-state index in [2.05, 4.69) is 10.4 Å². The number of rotatable bonds is 5. The number of sulfonamides is 1. The molecule has 0 spiro atoms. The normalized spacial score (nSPS) is 14.9. The molecule has 1 amide bonds. The molecule has 1 aromatic heterocycles. The van der Waals surface area contributed by atoms with Crippen molar-refractivity contribution in [2.45, 2.75) is 17.7 Å². The van der Waals surface area contributed by atoms with Gasteiger partial charge in [0.15, 0.2) is 0 Å². The molecule has 0 atom stereocenters. The third-order valence-corrected chi connectivity index (χ3v) is 6.63. The van der Waals surface area contributed by atoms with E-state index in [9.17, 15) is 13.2 Å². The molecule has 3 aromatic rings. The number of aromatic nitrogens is 2. The van der Waals surface area contributed by atoms with Crippen molar-refractivity contribution < 1.29 is 13.2 Å². The highest BCUT2D eigenvalue weighted by atomic mass is 32.2. The van der Waals surface area contributed by atoms with Crippen LogP contribution < -0.4 is 5.32 Å². The van der Waals surface area contributed by atoms with Crippen molar-refractivity contribution in [1.29, 1.82) is 0 Å². The first-order valence-corrected chi connectivity index (χ1v) is 10.5. The van der Waals surface area contributed by atoms with Gasteiger partial charge in [0.05, 0.1) is 10.6 Å². The van der Waals surface area contributed by atoms with Crippen LogP contribution in [-0.4, -0.2) is 41.5 Å². The van der Waals surface area contributed by atoms with E-state index >= 15 is 0 Å². The van der Waals surface area contributed by atoms with Gasteiger partial charge in [-0.25, -0.2) is 13.1 Å². The van der Waals surface area contributed by atoms with Crippen molar-refractivity contribution in [2.75, 3.05) is 18.4 Å². The van der Waals surface area contributed by atoms with Crippen LogP contribution in [0, 0.1) is 0 Å². The zero-order chi connectivity index (χ0) is 19.6. The number of amides is 1. The summed E-state index contributed by atoms with van der Waals surface area (Å²) in [7, 11) is -3.45. The summed E-state index contributed by atoms with van der Waals surface area (Å²) in [6.07, 6.45) is 5.31. The molecule has 2 aromatic carbocycles. The molecule has 144 valence electrons. The number of carbonyl (C=O) groups excluding carboxylic acids is 1. The van der Waals surface area contributed by atoms with Gasteiger partial charge in [0.1, 0.15) is 0 Å². The van der Waals surface area contributed by atoms with Crippen LogP contribution in [0.2, 0.25) is 0 Å². The minimum Gasteiger partial charge on any atom is -0.322 e. The number of nitrogens with one attached hydrogen (secondary N) is 1. The van der Waals surface area contributed by atoms with Gasteiger partial charge in [-0.15, -0.1) is 0 Å². The second-order valence-corrected chi connectivity index (χ2v) is 8.53. The van der Waals surface area contributed by atoms with Crippen molar-refractivity contribution in [1.82, 2.24) is 14.1 Å². The molecule has 1 fully saturated rings. The smallest absolute Gasteiger partial charge is 0.255 e. The highest BCUT2D eigenvalue weighted by molar-refractivity contribution is 7.89. The van der Waals surface area contributed by atoms with Crippen LogP contribution in [0.1, 0.15) is 23.2 Å². The Balaban J connectivity index is 1.45. The molecule has 7 nitrogen and oxygen atoms in total. The molecular formula is C20H20N4O3S. The molecule has 1 aliphatic rings. The summed E-state index contributed by atoms with van der Waals surface area (Å²) in [4.78, 5) is 12.7. The van der Waals surface area contributed by atoms with Crippen molar-refractivity contribution in [3.63, 3.8) is 0 Å². The molecule has 1 aliphatic heterocycles. The Hall–Kier alpha value is -2.97. The van der Waals surface area contributed by atoms with E-state index in [4.69, 9.17) is 0 Å². The van der Waals surface area contributed by atoms with Gasteiger partial charge in [-0.05, 0) is 67.4 Å². The summed E-state index contributed by atoms with van der Waals surface area (Å²) in [5.41, 5.74) is 1.91. The molecule has 0 saturated carbocycles. The fraction of sp³-hybridized carbons (Fsp3) is 0.200. The number of carbonyl (C=O) groups is 1. The Morgan fingerprint density at radius 1 is 0.964 bits per heavy atom. The first kappa shape index (κ1) is 18.4. The number of anilines is 1. The predicted octanol–water partition coefficient (Wildman–Crippen LogP) is 2.91. The topological polar surface area (TPSA) is 84.3 Å². The van der Waals surface area contributed by atoms with Gasteiger partial charge >= 0.3 is 0 Å². The minimum atomic E-state index is -3.45. The molecule has 28 heavy (non-hydrogen) atoms. The maximum absolute atomic E-state index is 12.6. The average molecular weight is 396 g/mol. The first-order valence-electron chi connectivity index (χ1n) is 9.06. The number of benzene rings is 2. The number of nitrogens with zero attached hydrogens (tertiary/aromatic N) is 3. The van der Waals surface area contributed by atoms with Crippen LogP contribution in [0.3, 0.4) is 0 Å². The van der Waals surface area contributed by atoms with E-state index < -0.39 is 10.0 Å². The van der Waals surface area contributed by atoms with Gasteiger partial charge in [0, 0.05) is 36.7 Å². The molecule has 1 N–H and O–H groups in total. The predicted molar refractivity (Wildman–Crippen MR) is 106 cm³/mol. The van der Waals surface area contributed by atoms with E-state index in [0.717, 1.165) is 18.5 Å². The molecule has 2 heterocycles. The highest BCUT2D eigenvalue weighted by Crippen LogP contribution is 2.22. The molecule has 0 unspecified atom stereocenters. The Morgan fingerprint density at radius 2 is 1.64 bits per heavy atom. The lowest BCUT2D eigenvalue weighted by Gasteiger charge is -2.15. The summed E-state index contributed by atoms with van der Waals surface area (Å²) in [6.45, 7) is 1.13. The van der Waals surface area contributed by atoms with Gasteiger partial charge in [-0.2, -0.15) is 9.40 Å². The van der Waals surface area contributed by atoms with E-state index in [1.807, 2.05) is 24.4 Å². The monoisotopic (exact) mass is 396 g/mol. The lowest BCUT2D eigenvalue weighted by Crippen LogP contribution is -2.27. The van der Waals surface area contributed by atoms with Gasteiger partial charge in [0.25, 0.3) is 5.91 Å². The van der Waals surface area contributed by atoms with Gasteiger partial charge < -0.3 is 5.32 Å². The lowest BCUT2D eigenvalue weighted by atomic mass is 10.2. The third kappa shape index (κ3) is 3.69. The zero-order valence-corrected chi connectivity index (χ0v) is 16.0. The van der Waals surface area contributed by atoms with Crippen LogP contribution in [0.25, 0.3) is 5.69 Å². The molecule has 8 heteroatoms. The van der Waals surface area contributed by atoms with Crippen LogP contribution in [-0.2, 0) is 10.0 Å². The largest absolute Gasteiger partial charge is 0.322 e. The summed E-state index contributed by atoms with van der Waals surface area (Å²) >= 11 is 0. The maximum Gasteiger partial charge on any atom is 0.255 e. The SMILES string of the molecule is O=C(Nc1ccc(S(=O)(=O)N2CCCC2)cc1)c1ccc(-n2cccn2)cc1. The van der Waals surface area contributed by atoms with E-state index in [1.165, 1.54) is 16.4 Å². The van der Waals surface area contributed by atoms with Crippen molar-refractivity contribution in [3.8, 4) is 5.69 Å². The summed E-state index contributed by atoms with van der Waals surface area (Å²) in [5, 5.41) is 6.94. The zero-order valence-electron chi connectivity index (χ0n) is 15.2. The van der Waals surface area contributed by atoms with Crippen molar-refractivity contribution in [3.05, 3.63) is 72.6 Å². The third-order valence-electron chi connectivity index (χ3n) is 4.71. The van der Waals surface area contributed by atoms with E-state index in [-0.39, 0.29) is 10.8 Å². The Bertz CT molecular complexity index is 1050. The van der Waals surface area contributed by atoms with Gasteiger partial charge in [-0.1, -0.05) is 0 Å². The quantitative estimate of drug-likeness (QED) is 0.719. The minimum absolute atomic E-state index is 0.246. The lowest BCUT2D eigenvalue weighted by molar-refractivity contribution is 0.102. The van der Waals surface area contributed by atoms with Crippen LogP contribution >= 0.6 is 0 Å². The van der Waals surface area contributed by atoms with E-state index in [0.29, 0.717) is 24.3 Å². The fourth-order valence-electron chi connectivity index (χ4n) is 3.18. The fourth-order valence-corrected chi connectivity index (χ4v) is 4.70. The standard InChI is InChI=1S/C20H20N4O3S/c25-20(16-4-8-18(9-5-16)24-15-3-12-21-24)22-17-6-10-19(11-7-17)28(26,27)23-13-1-2-14-23/h3-12,15H,1-2,13-14H2,(H,22,25). The van der Waals surface area contributed by atoms with Crippen LogP contribution in [0.4, 0.5) is 5.69 Å². The summed E-state index contributed by atoms with van der Waals surface area (Å²) in [6, 6.07) is 15.2. The summed E-state index contributed by atoms with van der Waals surface area (Å²) in [5.74, 6) is -0.262. The molecule has 0 bridgehead atoms. The molecule has 4 rings (SSSR count). The second kappa shape index (κ2) is 7.57. The molecule has 0 aliphatic carbocycles. The maximum atomic E-state index is 12.6. The number of hydrogen-bond acceptors (Lipinski definition) is 4. The van der Waals surface area contributed by atoms with E-state index in [1.54, 1.807) is 35.1 Å². The number of hydrogen-bond donors (Lipinski definition) is 1. The second-order valence-electron chi connectivity index (χ2n) is 6.59. The average Bonchev–Trinajstić information content (AvgIpc) is 3.43. The molecule has 0 radical (unpaired) electrons. The Labute approximate surface area is 163 Å². The molecular weight excluding hydrogens is 376 g/mol. The Kier molecular flexibility index (Phi) is 4.97. The summed E-state index contributed by atoms with van der Waals surface area (Å²) < 4.78 is 28.3. The van der Waals surface area contributed by atoms with Gasteiger partial charge in [-0.3, -0.25) is 4.79 Å². The Morgan fingerprint density at radius 3 is 2.25 bits per heavy atom. The van der Waals surface area contributed by atoms with Crippen molar-refractivity contribution in [2.24, 2.45) is 0 Å². The highest BCUT2D eigenvalue weighted by Gasteiger charge is 2.26.